The van der Waals surface area contributed by atoms with Gasteiger partial charge in [0, 0.05) is 25.9 Å². The van der Waals surface area contributed by atoms with Gasteiger partial charge in [0.2, 0.25) is 11.8 Å². The molecule has 0 saturated heterocycles. The molecule has 1 aliphatic carbocycles. The van der Waals surface area contributed by atoms with Gasteiger partial charge in [-0.15, -0.1) is 0 Å². The SMILES string of the molecule is CC(=O)N(CCC(=O)NC1CC1)c1ccccc1Cl. The maximum Gasteiger partial charge on any atom is 0.223 e. The third kappa shape index (κ3) is 3.96. The number of halogens is 1. The van der Waals surface area contributed by atoms with Crippen molar-refractivity contribution in [1.29, 1.82) is 0 Å². The summed E-state index contributed by atoms with van der Waals surface area (Å²) in [6.07, 6.45) is 2.42. The summed E-state index contributed by atoms with van der Waals surface area (Å²) < 4.78 is 0. The molecule has 19 heavy (non-hydrogen) atoms. The van der Waals surface area contributed by atoms with Crippen molar-refractivity contribution < 1.29 is 9.59 Å². The highest BCUT2D eigenvalue weighted by Crippen LogP contribution is 2.25. The van der Waals surface area contributed by atoms with Crippen LogP contribution in [0.5, 0.6) is 0 Å². The van der Waals surface area contributed by atoms with E-state index >= 15 is 0 Å². The van der Waals surface area contributed by atoms with Crippen LogP contribution in [0.3, 0.4) is 0 Å². The number of nitrogens with one attached hydrogen (secondary N) is 1. The molecule has 0 aromatic heterocycles. The predicted octanol–water partition coefficient (Wildman–Crippen LogP) is 2.36. The van der Waals surface area contributed by atoms with E-state index in [0.29, 0.717) is 29.7 Å². The number of hydrogen-bond acceptors (Lipinski definition) is 2. The van der Waals surface area contributed by atoms with Gasteiger partial charge in [0.25, 0.3) is 0 Å². The fraction of sp³-hybridized carbons (Fsp3) is 0.429. The van der Waals surface area contributed by atoms with Gasteiger partial charge < -0.3 is 10.2 Å². The standard InChI is InChI=1S/C14H17ClN2O2/c1-10(18)17(13-5-3-2-4-12(13)15)9-8-14(19)16-11-6-7-11/h2-5,11H,6-9H2,1H3,(H,16,19). The first-order valence-corrected chi connectivity index (χ1v) is 6.77. The summed E-state index contributed by atoms with van der Waals surface area (Å²) in [5.41, 5.74) is 0.649. The van der Waals surface area contributed by atoms with Crippen LogP contribution in [-0.2, 0) is 9.59 Å². The van der Waals surface area contributed by atoms with Gasteiger partial charge in [-0.1, -0.05) is 23.7 Å². The van der Waals surface area contributed by atoms with Gasteiger partial charge in [0.15, 0.2) is 0 Å². The van der Waals surface area contributed by atoms with E-state index in [1.54, 1.807) is 12.1 Å². The summed E-state index contributed by atoms with van der Waals surface area (Å²) in [6, 6.07) is 7.49. The first kappa shape index (κ1) is 13.9. The summed E-state index contributed by atoms with van der Waals surface area (Å²) in [5, 5.41) is 3.42. The second-order valence-electron chi connectivity index (χ2n) is 4.71. The van der Waals surface area contributed by atoms with Gasteiger partial charge in [-0.25, -0.2) is 0 Å². The fourth-order valence-electron chi connectivity index (χ4n) is 1.86. The number of anilines is 1. The second-order valence-corrected chi connectivity index (χ2v) is 5.12. The van der Waals surface area contributed by atoms with Gasteiger partial charge in [0.05, 0.1) is 10.7 Å². The van der Waals surface area contributed by atoms with E-state index in [1.165, 1.54) is 11.8 Å². The van der Waals surface area contributed by atoms with Crippen LogP contribution in [0.2, 0.25) is 5.02 Å². The Morgan fingerprint density at radius 3 is 2.63 bits per heavy atom. The summed E-state index contributed by atoms with van der Waals surface area (Å²) >= 11 is 6.08. The Kier molecular flexibility index (Phi) is 4.43. The third-order valence-electron chi connectivity index (χ3n) is 3.03. The molecule has 1 N–H and O–H groups in total. The average molecular weight is 281 g/mol. The Morgan fingerprint density at radius 1 is 1.37 bits per heavy atom. The van der Waals surface area contributed by atoms with E-state index in [2.05, 4.69) is 5.32 Å². The summed E-state index contributed by atoms with van der Waals surface area (Å²) in [6.45, 7) is 1.82. The van der Waals surface area contributed by atoms with E-state index in [4.69, 9.17) is 11.6 Å². The van der Waals surface area contributed by atoms with Crippen molar-refractivity contribution in [3.05, 3.63) is 29.3 Å². The summed E-state index contributed by atoms with van der Waals surface area (Å²) in [7, 11) is 0. The number of amides is 2. The molecule has 2 amide bonds. The van der Waals surface area contributed by atoms with Crippen molar-refractivity contribution in [2.45, 2.75) is 32.2 Å². The molecule has 5 heteroatoms. The van der Waals surface area contributed by atoms with Gasteiger partial charge in [-0.05, 0) is 25.0 Å². The molecule has 4 nitrogen and oxygen atoms in total. The molecule has 1 aliphatic rings. The van der Waals surface area contributed by atoms with E-state index in [0.717, 1.165) is 12.8 Å². The number of hydrogen-bond donors (Lipinski definition) is 1. The van der Waals surface area contributed by atoms with E-state index in [-0.39, 0.29) is 11.8 Å². The third-order valence-corrected chi connectivity index (χ3v) is 3.35. The maximum absolute atomic E-state index is 11.7. The van der Waals surface area contributed by atoms with Crippen LogP contribution >= 0.6 is 11.6 Å². The maximum atomic E-state index is 11.7. The van der Waals surface area contributed by atoms with Crippen LogP contribution in [-0.4, -0.2) is 24.4 Å². The molecule has 0 unspecified atom stereocenters. The van der Waals surface area contributed by atoms with Crippen molar-refractivity contribution in [2.24, 2.45) is 0 Å². The van der Waals surface area contributed by atoms with Crippen molar-refractivity contribution in [2.75, 3.05) is 11.4 Å². The molecule has 0 heterocycles. The lowest BCUT2D eigenvalue weighted by atomic mass is 10.2. The smallest absolute Gasteiger partial charge is 0.223 e. The van der Waals surface area contributed by atoms with Crippen LogP contribution in [0.25, 0.3) is 0 Å². The molecule has 1 fully saturated rings. The van der Waals surface area contributed by atoms with Gasteiger partial charge in [-0.2, -0.15) is 0 Å². The van der Waals surface area contributed by atoms with Crippen molar-refractivity contribution in [3.63, 3.8) is 0 Å². The fourth-order valence-corrected chi connectivity index (χ4v) is 2.10. The topological polar surface area (TPSA) is 49.4 Å². The number of benzene rings is 1. The van der Waals surface area contributed by atoms with Crippen LogP contribution in [0.15, 0.2) is 24.3 Å². The number of carbonyl (C=O) groups is 2. The first-order chi connectivity index (χ1) is 9.08. The summed E-state index contributed by atoms with van der Waals surface area (Å²) in [5.74, 6) is -0.131. The lowest BCUT2D eigenvalue weighted by molar-refractivity contribution is -0.121. The van der Waals surface area contributed by atoms with Crippen LogP contribution in [0.4, 0.5) is 5.69 Å². The Balaban J connectivity index is 1.98. The van der Waals surface area contributed by atoms with Gasteiger partial charge in [0.1, 0.15) is 0 Å². The molecule has 1 aromatic rings. The van der Waals surface area contributed by atoms with Crippen molar-refractivity contribution in [1.82, 2.24) is 5.32 Å². The lowest BCUT2D eigenvalue weighted by Gasteiger charge is -2.22. The van der Waals surface area contributed by atoms with Gasteiger partial charge in [-0.3, -0.25) is 9.59 Å². The quantitative estimate of drug-likeness (QED) is 0.900. The zero-order valence-corrected chi connectivity index (χ0v) is 11.6. The van der Waals surface area contributed by atoms with Crippen LogP contribution in [0.1, 0.15) is 26.2 Å². The monoisotopic (exact) mass is 280 g/mol. The molecule has 1 saturated carbocycles. The Labute approximate surface area is 117 Å². The Morgan fingerprint density at radius 2 is 2.05 bits per heavy atom. The highest BCUT2D eigenvalue weighted by atomic mass is 35.5. The minimum atomic E-state index is -0.118. The number of para-hydroxylation sites is 1. The molecule has 2 rings (SSSR count). The molecule has 1 aromatic carbocycles. The van der Waals surface area contributed by atoms with E-state index < -0.39 is 0 Å². The zero-order chi connectivity index (χ0) is 13.8. The highest BCUT2D eigenvalue weighted by Gasteiger charge is 2.23. The largest absolute Gasteiger partial charge is 0.353 e. The van der Waals surface area contributed by atoms with Crippen LogP contribution < -0.4 is 10.2 Å². The van der Waals surface area contributed by atoms with Crippen molar-refractivity contribution >= 4 is 29.1 Å². The Bertz CT molecular complexity index is 486. The number of nitrogens with zero attached hydrogens (tertiary/aromatic N) is 1. The van der Waals surface area contributed by atoms with E-state index in [9.17, 15) is 9.59 Å². The van der Waals surface area contributed by atoms with Gasteiger partial charge >= 0.3 is 0 Å². The minimum absolute atomic E-state index is 0.0131. The first-order valence-electron chi connectivity index (χ1n) is 6.40. The molecular formula is C14H17ClN2O2. The molecule has 0 spiro atoms. The highest BCUT2D eigenvalue weighted by molar-refractivity contribution is 6.33. The Hall–Kier alpha value is -1.55. The molecular weight excluding hydrogens is 264 g/mol. The van der Waals surface area contributed by atoms with Crippen molar-refractivity contribution in [3.8, 4) is 0 Å². The normalized spacial score (nSPS) is 14.0. The molecule has 0 bridgehead atoms. The lowest BCUT2D eigenvalue weighted by Crippen LogP contribution is -2.34. The zero-order valence-electron chi connectivity index (χ0n) is 10.9. The summed E-state index contributed by atoms with van der Waals surface area (Å²) in [4.78, 5) is 24.9. The molecule has 0 aliphatic heterocycles. The minimum Gasteiger partial charge on any atom is -0.353 e. The number of rotatable bonds is 5. The average Bonchev–Trinajstić information content (AvgIpc) is 3.15. The number of carbonyl (C=O) groups excluding carboxylic acids is 2. The van der Waals surface area contributed by atoms with Crippen LogP contribution in [0, 0.1) is 0 Å². The molecule has 102 valence electrons. The molecule has 0 atom stereocenters. The predicted molar refractivity (Wildman–Crippen MR) is 75.3 cm³/mol. The second kappa shape index (κ2) is 6.06. The van der Waals surface area contributed by atoms with E-state index in [1.807, 2.05) is 12.1 Å². The molecule has 0 radical (unpaired) electrons.